The van der Waals surface area contributed by atoms with Crippen molar-refractivity contribution in [1.29, 1.82) is 0 Å². The minimum absolute atomic E-state index is 0.110. The molecule has 0 spiro atoms. The molecule has 10 heteroatoms. The number of rotatable bonds is 4. The Kier molecular flexibility index (Phi) is 6.70. The minimum Gasteiger partial charge on any atom is -0.455 e. The van der Waals surface area contributed by atoms with Gasteiger partial charge in [-0.2, -0.15) is 0 Å². The lowest BCUT2D eigenvalue weighted by molar-refractivity contribution is 0.668. The van der Waals surface area contributed by atoms with Crippen molar-refractivity contribution < 1.29 is 8.83 Å². The molecule has 9 aromatic rings. The highest BCUT2D eigenvalue weighted by Gasteiger charge is 2.21. The van der Waals surface area contributed by atoms with E-state index in [1.54, 1.807) is 0 Å². The molecule has 3 aromatic heterocycles. The molecule has 0 fully saturated rings. The van der Waals surface area contributed by atoms with Gasteiger partial charge in [0.15, 0.2) is 17.5 Å². The van der Waals surface area contributed by atoms with E-state index in [4.69, 9.17) is 63.0 Å². The zero-order valence-corrected chi connectivity index (χ0v) is 25.9. The lowest BCUT2D eigenvalue weighted by atomic mass is 9.60. The van der Waals surface area contributed by atoms with Crippen LogP contribution in [0.4, 0.5) is 0 Å². The number of aromatic nitrogens is 3. The Morgan fingerprint density at radius 1 is 0.388 bits per heavy atom. The van der Waals surface area contributed by atoms with Crippen molar-refractivity contribution in [2.24, 2.45) is 0 Å². The van der Waals surface area contributed by atoms with Crippen LogP contribution in [0.2, 0.25) is 0 Å². The zero-order valence-electron chi connectivity index (χ0n) is 25.9. The van der Waals surface area contributed by atoms with Crippen LogP contribution in [0.1, 0.15) is 0 Å². The van der Waals surface area contributed by atoms with E-state index in [0.717, 1.165) is 49.4 Å². The second kappa shape index (κ2) is 11.2. The number of hydrogen-bond donors (Lipinski definition) is 0. The van der Waals surface area contributed by atoms with Crippen molar-refractivity contribution >= 4 is 110 Å². The average molecular weight is 615 g/mol. The highest BCUT2D eigenvalue weighted by atomic mass is 16.3. The quantitative estimate of drug-likeness (QED) is 0.277. The predicted molar refractivity (Wildman–Crippen MR) is 203 cm³/mol. The fourth-order valence-corrected chi connectivity index (χ4v) is 6.53. The maximum absolute atomic E-state index is 6.53. The standard InChI is InChI=1S/C39H18B5N3O2/c40-30-29(31(41)33(43)34(44)32(30)42)39-46-37(19-8-2-1-3-9-19)45-38(47-39)25-14-7-13-24-26-18-20(16-17-28(26)49-36(24)25)21-11-6-12-23-22-10-4-5-15-27(22)48-35(21)23/h1-18H. The van der Waals surface area contributed by atoms with Crippen molar-refractivity contribution in [1.82, 2.24) is 15.0 Å². The summed E-state index contributed by atoms with van der Waals surface area (Å²) in [5.41, 5.74) is 7.32. The molecule has 0 aliphatic heterocycles. The summed E-state index contributed by atoms with van der Waals surface area (Å²) < 4.78 is 12.9. The molecule has 0 saturated heterocycles. The van der Waals surface area contributed by atoms with Gasteiger partial charge in [-0.15, -0.1) is 16.4 Å². The fraction of sp³-hybridized carbons (Fsp3) is 0. The maximum atomic E-state index is 6.53. The van der Waals surface area contributed by atoms with Gasteiger partial charge in [-0.25, -0.2) is 15.0 Å². The molecule has 3 heterocycles. The van der Waals surface area contributed by atoms with Gasteiger partial charge in [-0.1, -0.05) is 95.9 Å². The third-order valence-electron chi connectivity index (χ3n) is 9.04. The van der Waals surface area contributed by atoms with Gasteiger partial charge < -0.3 is 8.83 Å². The Bertz CT molecular complexity index is 2760. The Morgan fingerprint density at radius 3 is 1.69 bits per heavy atom. The van der Waals surface area contributed by atoms with Crippen LogP contribution in [0.25, 0.3) is 89.2 Å². The SMILES string of the molecule is [B]c1c([B])c([B])c(-c2nc(-c3ccccc3)nc(-c3cccc4c3oc3ccc(-c5cccc6c5oc5ccccc56)cc34)n2)c([B])c1[B]. The van der Waals surface area contributed by atoms with Crippen molar-refractivity contribution in [2.45, 2.75) is 0 Å². The molecule has 0 N–H and O–H groups in total. The molecule has 216 valence electrons. The van der Waals surface area contributed by atoms with Crippen molar-refractivity contribution in [3.05, 3.63) is 109 Å². The summed E-state index contributed by atoms with van der Waals surface area (Å²) >= 11 is 0. The topological polar surface area (TPSA) is 65.0 Å². The molecule has 0 unspecified atom stereocenters. The van der Waals surface area contributed by atoms with Crippen LogP contribution in [-0.4, -0.2) is 54.2 Å². The minimum atomic E-state index is 0.110. The van der Waals surface area contributed by atoms with E-state index in [-0.39, 0.29) is 38.7 Å². The zero-order chi connectivity index (χ0) is 33.4. The normalized spacial score (nSPS) is 11.7. The van der Waals surface area contributed by atoms with Crippen LogP contribution >= 0.6 is 0 Å². The van der Waals surface area contributed by atoms with E-state index in [1.807, 2.05) is 78.9 Å². The molecule has 0 aliphatic carbocycles. The van der Waals surface area contributed by atoms with Crippen LogP contribution in [0.15, 0.2) is 118 Å². The maximum Gasteiger partial charge on any atom is 0.167 e. The molecule has 10 radical (unpaired) electrons. The van der Waals surface area contributed by atoms with Crippen LogP contribution in [0, 0.1) is 0 Å². The van der Waals surface area contributed by atoms with E-state index in [1.165, 1.54) is 0 Å². The van der Waals surface area contributed by atoms with Crippen LogP contribution in [0.5, 0.6) is 0 Å². The summed E-state index contributed by atoms with van der Waals surface area (Å²) in [6, 6.07) is 35.9. The summed E-state index contributed by atoms with van der Waals surface area (Å²) in [6.07, 6.45) is 0. The van der Waals surface area contributed by atoms with Gasteiger partial charge in [-0.3, -0.25) is 0 Å². The van der Waals surface area contributed by atoms with E-state index in [2.05, 4.69) is 30.3 Å². The van der Waals surface area contributed by atoms with E-state index >= 15 is 0 Å². The number of fused-ring (bicyclic) bond motifs is 6. The lowest BCUT2D eigenvalue weighted by Gasteiger charge is -2.20. The highest BCUT2D eigenvalue weighted by molar-refractivity contribution is 6.68. The van der Waals surface area contributed by atoms with Gasteiger partial charge in [0.1, 0.15) is 61.6 Å². The molecular formula is C39H18B5N3O2. The first kappa shape index (κ1) is 29.4. The third-order valence-corrected chi connectivity index (χ3v) is 9.04. The van der Waals surface area contributed by atoms with Crippen LogP contribution < -0.4 is 27.3 Å². The number of para-hydroxylation sites is 3. The lowest BCUT2D eigenvalue weighted by Crippen LogP contribution is -2.55. The molecular weight excluding hydrogens is 597 g/mol. The molecule has 0 bridgehead atoms. The number of nitrogens with zero attached hydrogens (tertiary/aromatic N) is 3. The van der Waals surface area contributed by atoms with E-state index in [0.29, 0.717) is 28.4 Å². The van der Waals surface area contributed by atoms with E-state index < -0.39 is 0 Å². The molecule has 0 saturated carbocycles. The molecule has 0 amide bonds. The van der Waals surface area contributed by atoms with Gasteiger partial charge in [0.05, 0.1) is 5.56 Å². The molecule has 5 nitrogen and oxygen atoms in total. The van der Waals surface area contributed by atoms with Crippen molar-refractivity contribution in [3.8, 4) is 45.3 Å². The number of hydrogen-bond acceptors (Lipinski definition) is 5. The van der Waals surface area contributed by atoms with Gasteiger partial charge in [0.25, 0.3) is 0 Å². The predicted octanol–water partition coefficient (Wildman–Crippen LogP) is 4.31. The van der Waals surface area contributed by atoms with Crippen molar-refractivity contribution in [2.75, 3.05) is 0 Å². The Balaban J connectivity index is 1.25. The number of benzene rings is 6. The largest absolute Gasteiger partial charge is 0.455 e. The highest BCUT2D eigenvalue weighted by Crippen LogP contribution is 2.40. The van der Waals surface area contributed by atoms with Crippen LogP contribution in [-0.2, 0) is 0 Å². The van der Waals surface area contributed by atoms with Gasteiger partial charge in [-0.05, 0) is 29.8 Å². The molecule has 6 aromatic carbocycles. The average Bonchev–Trinajstić information content (AvgIpc) is 3.72. The summed E-state index contributed by atoms with van der Waals surface area (Å²) in [6.45, 7) is 0. The Labute approximate surface area is 287 Å². The molecule has 49 heavy (non-hydrogen) atoms. The second-order valence-electron chi connectivity index (χ2n) is 11.9. The smallest absolute Gasteiger partial charge is 0.167 e. The first-order chi connectivity index (χ1) is 23.9. The van der Waals surface area contributed by atoms with Gasteiger partial charge in [0.2, 0.25) is 0 Å². The molecule has 0 aliphatic rings. The van der Waals surface area contributed by atoms with Crippen molar-refractivity contribution in [3.63, 3.8) is 0 Å². The summed E-state index contributed by atoms with van der Waals surface area (Å²) in [7, 11) is 31.5. The molecule has 9 rings (SSSR count). The van der Waals surface area contributed by atoms with Gasteiger partial charge >= 0.3 is 0 Å². The molecule has 0 atom stereocenters. The fourth-order valence-electron chi connectivity index (χ4n) is 6.53. The summed E-state index contributed by atoms with van der Waals surface area (Å²) in [4.78, 5) is 14.5. The summed E-state index contributed by atoms with van der Waals surface area (Å²) in [5, 5.41) is 3.98. The summed E-state index contributed by atoms with van der Waals surface area (Å²) in [5.74, 6) is 0.961. The first-order valence-electron chi connectivity index (χ1n) is 15.6. The van der Waals surface area contributed by atoms with Crippen LogP contribution in [0.3, 0.4) is 0 Å². The third kappa shape index (κ3) is 4.58. The second-order valence-corrected chi connectivity index (χ2v) is 11.9. The monoisotopic (exact) mass is 615 g/mol. The van der Waals surface area contributed by atoms with E-state index in [9.17, 15) is 0 Å². The Hall–Kier alpha value is -5.75. The number of furan rings is 2. The first-order valence-corrected chi connectivity index (χ1v) is 15.6. The van der Waals surface area contributed by atoms with Gasteiger partial charge in [0, 0.05) is 38.2 Å². The Morgan fingerprint density at radius 2 is 0.939 bits per heavy atom.